The zero-order chi connectivity index (χ0) is 14.4. The second-order valence-corrected chi connectivity index (χ2v) is 4.94. The van der Waals surface area contributed by atoms with Crippen LogP contribution in [-0.4, -0.2) is 30.6 Å². The lowest BCUT2D eigenvalue weighted by Gasteiger charge is -2.19. The fourth-order valence-electron chi connectivity index (χ4n) is 2.11. The minimum atomic E-state index is 0.858. The molecule has 20 heavy (non-hydrogen) atoms. The van der Waals surface area contributed by atoms with E-state index in [1.807, 2.05) is 25.4 Å². The van der Waals surface area contributed by atoms with Crippen LogP contribution >= 0.6 is 0 Å². The van der Waals surface area contributed by atoms with Crippen LogP contribution in [0.1, 0.15) is 17.0 Å². The first-order chi connectivity index (χ1) is 9.70. The van der Waals surface area contributed by atoms with E-state index >= 15 is 0 Å². The molecule has 0 aliphatic rings. The summed E-state index contributed by atoms with van der Waals surface area (Å²) in [5, 5.41) is 3.16. The highest BCUT2D eigenvalue weighted by Gasteiger charge is 2.06. The quantitative estimate of drug-likeness (QED) is 0.873. The van der Waals surface area contributed by atoms with E-state index < -0.39 is 0 Å². The average Bonchev–Trinajstić information content (AvgIpc) is 2.48. The molecule has 0 unspecified atom stereocenters. The Bertz CT molecular complexity index is 539. The summed E-state index contributed by atoms with van der Waals surface area (Å²) in [6.45, 7) is 3.83. The number of rotatable bonds is 6. The number of nitrogens with one attached hydrogen (secondary N) is 1. The van der Waals surface area contributed by atoms with Crippen LogP contribution in [-0.2, 0) is 13.0 Å². The molecule has 0 atom stereocenters. The highest BCUT2D eigenvalue weighted by molar-refractivity contribution is 5.41. The summed E-state index contributed by atoms with van der Waals surface area (Å²) >= 11 is 0. The smallest absolute Gasteiger partial charge is 0.128 e. The molecule has 4 heteroatoms. The van der Waals surface area contributed by atoms with Gasteiger partial charge in [0.1, 0.15) is 5.82 Å². The van der Waals surface area contributed by atoms with Gasteiger partial charge in [-0.2, -0.15) is 0 Å². The molecule has 0 amide bonds. The van der Waals surface area contributed by atoms with Gasteiger partial charge in [0.15, 0.2) is 0 Å². The van der Waals surface area contributed by atoms with Crippen LogP contribution in [0.4, 0.5) is 5.82 Å². The molecule has 2 heterocycles. The zero-order valence-electron chi connectivity index (χ0n) is 12.4. The molecule has 0 aromatic carbocycles. The van der Waals surface area contributed by atoms with E-state index in [4.69, 9.17) is 0 Å². The third-order valence-electron chi connectivity index (χ3n) is 3.37. The van der Waals surface area contributed by atoms with Gasteiger partial charge in [-0.15, -0.1) is 0 Å². The summed E-state index contributed by atoms with van der Waals surface area (Å²) in [6, 6.07) is 10.3. The van der Waals surface area contributed by atoms with Gasteiger partial charge < -0.3 is 10.2 Å². The molecular weight excluding hydrogens is 248 g/mol. The van der Waals surface area contributed by atoms with E-state index in [9.17, 15) is 0 Å². The van der Waals surface area contributed by atoms with Gasteiger partial charge in [0.25, 0.3) is 0 Å². The molecule has 1 N–H and O–H groups in total. The SMILES string of the molecule is CNCc1ccc(N(C)CCc2ccccn2)nc1C. The maximum atomic E-state index is 4.67. The second kappa shape index (κ2) is 7.01. The minimum absolute atomic E-state index is 0.858. The predicted octanol–water partition coefficient (Wildman–Crippen LogP) is 2.18. The summed E-state index contributed by atoms with van der Waals surface area (Å²) in [6.07, 6.45) is 2.76. The molecule has 0 spiro atoms. The summed E-state index contributed by atoms with van der Waals surface area (Å²) in [7, 11) is 4.02. The molecule has 0 aliphatic carbocycles. The van der Waals surface area contributed by atoms with Crippen molar-refractivity contribution < 1.29 is 0 Å². The van der Waals surface area contributed by atoms with Gasteiger partial charge in [0.2, 0.25) is 0 Å². The Labute approximate surface area is 120 Å². The maximum absolute atomic E-state index is 4.67. The van der Waals surface area contributed by atoms with Crippen molar-refractivity contribution >= 4 is 5.82 Å². The predicted molar refractivity (Wildman–Crippen MR) is 82.9 cm³/mol. The first-order valence-corrected chi connectivity index (χ1v) is 6.93. The molecule has 4 nitrogen and oxygen atoms in total. The fourth-order valence-corrected chi connectivity index (χ4v) is 2.11. The van der Waals surface area contributed by atoms with Crippen molar-refractivity contribution in [3.8, 4) is 0 Å². The number of anilines is 1. The average molecular weight is 270 g/mol. The van der Waals surface area contributed by atoms with Crippen molar-refractivity contribution in [2.45, 2.75) is 19.9 Å². The number of hydrogen-bond donors (Lipinski definition) is 1. The van der Waals surface area contributed by atoms with Crippen molar-refractivity contribution in [1.82, 2.24) is 15.3 Å². The first-order valence-electron chi connectivity index (χ1n) is 6.93. The molecule has 2 aromatic rings. The third kappa shape index (κ3) is 3.78. The van der Waals surface area contributed by atoms with E-state index in [0.29, 0.717) is 0 Å². The largest absolute Gasteiger partial charge is 0.359 e. The molecular formula is C16H22N4. The third-order valence-corrected chi connectivity index (χ3v) is 3.37. The van der Waals surface area contributed by atoms with Crippen molar-refractivity contribution in [1.29, 1.82) is 0 Å². The summed E-state index contributed by atoms with van der Waals surface area (Å²) < 4.78 is 0. The van der Waals surface area contributed by atoms with Crippen molar-refractivity contribution in [2.75, 3.05) is 25.5 Å². The van der Waals surface area contributed by atoms with Crippen molar-refractivity contribution in [3.63, 3.8) is 0 Å². The van der Waals surface area contributed by atoms with Gasteiger partial charge in [-0.3, -0.25) is 4.98 Å². The minimum Gasteiger partial charge on any atom is -0.359 e. The van der Waals surface area contributed by atoms with Gasteiger partial charge in [-0.25, -0.2) is 4.98 Å². The molecule has 0 fully saturated rings. The molecule has 0 saturated carbocycles. The Balaban J connectivity index is 1.98. The Morgan fingerprint density at radius 3 is 2.70 bits per heavy atom. The number of nitrogens with zero attached hydrogens (tertiary/aromatic N) is 3. The van der Waals surface area contributed by atoms with Crippen LogP contribution in [0.2, 0.25) is 0 Å². The molecule has 0 aliphatic heterocycles. The first kappa shape index (κ1) is 14.5. The van der Waals surface area contributed by atoms with E-state index in [-0.39, 0.29) is 0 Å². The number of aryl methyl sites for hydroxylation is 1. The van der Waals surface area contributed by atoms with Crippen LogP contribution in [0, 0.1) is 6.92 Å². The summed E-state index contributed by atoms with van der Waals surface area (Å²) in [4.78, 5) is 11.2. The molecule has 0 bridgehead atoms. The highest BCUT2D eigenvalue weighted by Crippen LogP contribution is 2.14. The number of hydrogen-bond acceptors (Lipinski definition) is 4. The molecule has 106 valence electrons. The number of pyridine rings is 2. The van der Waals surface area contributed by atoms with Gasteiger partial charge in [-0.05, 0) is 37.7 Å². The Kier molecular flexibility index (Phi) is 5.07. The normalized spacial score (nSPS) is 10.6. The number of aromatic nitrogens is 2. The van der Waals surface area contributed by atoms with Crippen molar-refractivity contribution in [3.05, 3.63) is 53.5 Å². The van der Waals surface area contributed by atoms with E-state index in [1.54, 1.807) is 0 Å². The lowest BCUT2D eigenvalue weighted by atomic mass is 10.2. The lowest BCUT2D eigenvalue weighted by Crippen LogP contribution is -2.22. The van der Waals surface area contributed by atoms with Crippen LogP contribution in [0.5, 0.6) is 0 Å². The van der Waals surface area contributed by atoms with Gasteiger partial charge >= 0.3 is 0 Å². The molecule has 0 saturated heterocycles. The number of likely N-dealkylation sites (N-methyl/N-ethyl adjacent to an activating group) is 1. The molecule has 2 aromatic heterocycles. The molecule has 2 rings (SSSR count). The lowest BCUT2D eigenvalue weighted by molar-refractivity contribution is 0.796. The zero-order valence-corrected chi connectivity index (χ0v) is 12.4. The standard InChI is InChI=1S/C16H22N4/c1-13-14(12-17-2)7-8-16(19-13)20(3)11-9-15-6-4-5-10-18-15/h4-8,10,17H,9,11-12H2,1-3H3. The summed E-state index contributed by atoms with van der Waals surface area (Å²) in [5.41, 5.74) is 3.44. The summed E-state index contributed by atoms with van der Waals surface area (Å²) in [5.74, 6) is 1.01. The van der Waals surface area contributed by atoms with E-state index in [0.717, 1.165) is 36.7 Å². The van der Waals surface area contributed by atoms with Gasteiger partial charge in [-0.1, -0.05) is 12.1 Å². The highest BCUT2D eigenvalue weighted by atomic mass is 15.2. The second-order valence-electron chi connectivity index (χ2n) is 4.94. The topological polar surface area (TPSA) is 41.0 Å². The van der Waals surface area contributed by atoms with Crippen LogP contribution in [0.25, 0.3) is 0 Å². The molecule has 0 radical (unpaired) electrons. The van der Waals surface area contributed by atoms with Crippen LogP contribution in [0.3, 0.4) is 0 Å². The Hall–Kier alpha value is -1.94. The van der Waals surface area contributed by atoms with E-state index in [1.165, 1.54) is 5.56 Å². The van der Waals surface area contributed by atoms with E-state index in [2.05, 4.69) is 52.4 Å². The maximum Gasteiger partial charge on any atom is 0.128 e. The van der Waals surface area contributed by atoms with Crippen LogP contribution in [0.15, 0.2) is 36.5 Å². The van der Waals surface area contributed by atoms with Crippen molar-refractivity contribution in [2.24, 2.45) is 0 Å². The fraction of sp³-hybridized carbons (Fsp3) is 0.375. The Morgan fingerprint density at radius 2 is 2.05 bits per heavy atom. The monoisotopic (exact) mass is 270 g/mol. The Morgan fingerprint density at radius 1 is 1.20 bits per heavy atom. The van der Waals surface area contributed by atoms with Crippen LogP contribution < -0.4 is 10.2 Å². The van der Waals surface area contributed by atoms with Gasteiger partial charge in [0, 0.05) is 44.1 Å². The van der Waals surface area contributed by atoms with Gasteiger partial charge in [0.05, 0.1) is 0 Å².